The number of aromatic nitrogens is 2. The highest BCUT2D eigenvalue weighted by Crippen LogP contribution is 2.29. The van der Waals surface area contributed by atoms with Gasteiger partial charge < -0.3 is 19.4 Å². The number of hydrogen-bond acceptors (Lipinski definition) is 5. The van der Waals surface area contributed by atoms with Crippen LogP contribution in [0.25, 0.3) is 10.9 Å². The number of nitrogens with one attached hydrogen (secondary N) is 1. The van der Waals surface area contributed by atoms with Gasteiger partial charge in [-0.05, 0) is 50.6 Å². The van der Waals surface area contributed by atoms with Crippen LogP contribution in [-0.2, 0) is 6.54 Å². The lowest BCUT2D eigenvalue weighted by Crippen LogP contribution is -2.32. The lowest BCUT2D eigenvalue weighted by Gasteiger charge is -2.21. The van der Waals surface area contributed by atoms with Crippen molar-refractivity contribution in [1.29, 1.82) is 0 Å². The van der Waals surface area contributed by atoms with Gasteiger partial charge in [0.1, 0.15) is 5.82 Å². The third-order valence-corrected chi connectivity index (χ3v) is 4.62. The molecule has 0 aliphatic heterocycles. The van der Waals surface area contributed by atoms with Crippen LogP contribution < -0.4 is 15.0 Å². The van der Waals surface area contributed by atoms with Gasteiger partial charge >= 0.3 is 0 Å². The smallest absolute Gasteiger partial charge is 0.258 e. The van der Waals surface area contributed by atoms with Crippen molar-refractivity contribution in [2.75, 3.05) is 19.8 Å². The van der Waals surface area contributed by atoms with E-state index in [1.807, 2.05) is 26.8 Å². The van der Waals surface area contributed by atoms with Gasteiger partial charge in [-0.3, -0.25) is 9.59 Å². The highest BCUT2D eigenvalue weighted by atomic mass is 16.5. The molecular weight excluding hydrogens is 382 g/mol. The second-order valence-corrected chi connectivity index (χ2v) is 6.79. The van der Waals surface area contributed by atoms with E-state index in [0.717, 1.165) is 6.42 Å². The number of fused-ring (bicyclic) bond motifs is 1. The summed E-state index contributed by atoms with van der Waals surface area (Å²) in [5.74, 6) is 1.45. The number of aromatic amines is 1. The number of rotatable bonds is 9. The van der Waals surface area contributed by atoms with Crippen molar-refractivity contribution >= 4 is 16.8 Å². The summed E-state index contributed by atoms with van der Waals surface area (Å²) in [7, 11) is 0. The Kier molecular flexibility index (Phi) is 7.06. The average Bonchev–Trinajstić information content (AvgIpc) is 2.76. The van der Waals surface area contributed by atoms with Crippen LogP contribution in [0, 0.1) is 0 Å². The van der Waals surface area contributed by atoms with Crippen LogP contribution in [-0.4, -0.2) is 40.5 Å². The van der Waals surface area contributed by atoms with Gasteiger partial charge in [0.15, 0.2) is 11.5 Å². The van der Waals surface area contributed by atoms with E-state index in [-0.39, 0.29) is 18.0 Å². The van der Waals surface area contributed by atoms with Crippen molar-refractivity contribution in [3.8, 4) is 11.5 Å². The molecule has 0 atom stereocenters. The van der Waals surface area contributed by atoms with Gasteiger partial charge in [-0.1, -0.05) is 19.1 Å². The molecule has 1 amide bonds. The maximum Gasteiger partial charge on any atom is 0.258 e. The molecule has 1 N–H and O–H groups in total. The van der Waals surface area contributed by atoms with E-state index in [4.69, 9.17) is 9.47 Å². The van der Waals surface area contributed by atoms with Crippen molar-refractivity contribution in [1.82, 2.24) is 14.9 Å². The molecule has 1 aromatic heterocycles. The lowest BCUT2D eigenvalue weighted by molar-refractivity contribution is 0.0748. The molecule has 0 spiro atoms. The minimum absolute atomic E-state index is 0.170. The minimum atomic E-state index is -0.213. The maximum absolute atomic E-state index is 13.1. The van der Waals surface area contributed by atoms with Crippen LogP contribution in [0.15, 0.2) is 47.3 Å². The van der Waals surface area contributed by atoms with Gasteiger partial charge in [0.25, 0.3) is 11.5 Å². The zero-order valence-electron chi connectivity index (χ0n) is 17.6. The van der Waals surface area contributed by atoms with Gasteiger partial charge in [0, 0.05) is 12.1 Å². The van der Waals surface area contributed by atoms with E-state index in [0.29, 0.717) is 53.5 Å². The van der Waals surface area contributed by atoms with Gasteiger partial charge in [-0.25, -0.2) is 4.98 Å². The van der Waals surface area contributed by atoms with Gasteiger partial charge in [-0.15, -0.1) is 0 Å². The highest BCUT2D eigenvalue weighted by Gasteiger charge is 2.18. The molecule has 30 heavy (non-hydrogen) atoms. The summed E-state index contributed by atoms with van der Waals surface area (Å²) in [6.45, 7) is 7.52. The fourth-order valence-corrected chi connectivity index (χ4v) is 3.14. The monoisotopic (exact) mass is 409 g/mol. The van der Waals surface area contributed by atoms with Crippen molar-refractivity contribution in [2.45, 2.75) is 33.7 Å². The summed E-state index contributed by atoms with van der Waals surface area (Å²) in [5, 5.41) is 0.527. The number of ether oxygens (including phenoxy) is 2. The van der Waals surface area contributed by atoms with E-state index in [2.05, 4.69) is 9.97 Å². The number of carbonyl (C=O) groups is 1. The fourth-order valence-electron chi connectivity index (χ4n) is 3.14. The Morgan fingerprint density at radius 2 is 1.87 bits per heavy atom. The fraction of sp³-hybridized carbons (Fsp3) is 0.348. The molecule has 0 aliphatic rings. The third-order valence-electron chi connectivity index (χ3n) is 4.62. The summed E-state index contributed by atoms with van der Waals surface area (Å²) in [5.41, 5.74) is 0.887. The number of carbonyl (C=O) groups excluding carboxylic acids is 1. The van der Waals surface area contributed by atoms with E-state index < -0.39 is 0 Å². The van der Waals surface area contributed by atoms with Crippen LogP contribution >= 0.6 is 0 Å². The van der Waals surface area contributed by atoms with Gasteiger partial charge in [0.2, 0.25) is 0 Å². The Bertz CT molecular complexity index is 1080. The van der Waals surface area contributed by atoms with Gasteiger partial charge in [-0.2, -0.15) is 0 Å². The molecular formula is C23H27N3O4. The zero-order chi connectivity index (χ0) is 21.5. The van der Waals surface area contributed by atoms with Crippen molar-refractivity contribution < 1.29 is 14.3 Å². The molecule has 3 rings (SSSR count). The quantitative estimate of drug-likeness (QED) is 0.581. The molecule has 0 radical (unpaired) electrons. The average molecular weight is 409 g/mol. The zero-order valence-corrected chi connectivity index (χ0v) is 17.6. The predicted molar refractivity (Wildman–Crippen MR) is 116 cm³/mol. The highest BCUT2D eigenvalue weighted by molar-refractivity contribution is 5.95. The Hall–Kier alpha value is -3.35. The number of H-pyrrole nitrogens is 1. The summed E-state index contributed by atoms with van der Waals surface area (Å²) >= 11 is 0. The molecule has 7 nitrogen and oxygen atoms in total. The first-order valence-corrected chi connectivity index (χ1v) is 10.2. The van der Waals surface area contributed by atoms with Crippen molar-refractivity contribution in [3.05, 3.63) is 64.2 Å². The molecule has 158 valence electrons. The summed E-state index contributed by atoms with van der Waals surface area (Å²) in [4.78, 5) is 34.4. The van der Waals surface area contributed by atoms with Crippen LogP contribution in [0.5, 0.6) is 11.5 Å². The van der Waals surface area contributed by atoms with Crippen LogP contribution in [0.1, 0.15) is 43.4 Å². The Morgan fingerprint density at radius 1 is 1.07 bits per heavy atom. The van der Waals surface area contributed by atoms with Crippen LogP contribution in [0.4, 0.5) is 0 Å². The topological polar surface area (TPSA) is 84.5 Å². The summed E-state index contributed by atoms with van der Waals surface area (Å²) < 4.78 is 11.4. The first-order valence-electron chi connectivity index (χ1n) is 10.2. The molecule has 0 saturated carbocycles. The van der Waals surface area contributed by atoms with Gasteiger partial charge in [0.05, 0.1) is 30.7 Å². The van der Waals surface area contributed by atoms with Crippen molar-refractivity contribution in [3.63, 3.8) is 0 Å². The molecule has 3 aromatic rings. The largest absolute Gasteiger partial charge is 0.490 e. The maximum atomic E-state index is 13.1. The van der Waals surface area contributed by atoms with E-state index in [9.17, 15) is 9.59 Å². The summed E-state index contributed by atoms with van der Waals surface area (Å²) in [6, 6.07) is 12.3. The number of amides is 1. The second kappa shape index (κ2) is 9.91. The molecule has 7 heteroatoms. The standard InChI is InChI=1S/C23H27N3O4/c1-4-13-30-19-12-11-16(14-20(19)29-6-3)23(28)26(5-2)15-21-24-18-10-8-7-9-17(18)22(27)25-21/h7-12,14H,4-6,13,15H2,1-3H3,(H,24,25,27). The third kappa shape index (κ3) is 4.79. The molecule has 0 saturated heterocycles. The lowest BCUT2D eigenvalue weighted by atomic mass is 10.1. The normalized spacial score (nSPS) is 10.8. The second-order valence-electron chi connectivity index (χ2n) is 6.79. The van der Waals surface area contributed by atoms with E-state index >= 15 is 0 Å². The van der Waals surface area contributed by atoms with E-state index in [1.165, 1.54) is 0 Å². The first-order chi connectivity index (χ1) is 14.6. The Labute approximate surface area is 175 Å². The SMILES string of the molecule is CCCOc1ccc(C(=O)N(CC)Cc2nc3ccccc3c(=O)[nH]2)cc1OCC. The number of hydrogen-bond donors (Lipinski definition) is 1. The number of nitrogens with zero attached hydrogens (tertiary/aromatic N) is 2. The minimum Gasteiger partial charge on any atom is -0.490 e. The van der Waals surface area contributed by atoms with Crippen LogP contribution in [0.2, 0.25) is 0 Å². The summed E-state index contributed by atoms with van der Waals surface area (Å²) in [6.07, 6.45) is 0.882. The predicted octanol–water partition coefficient (Wildman–Crippen LogP) is 3.77. The van der Waals surface area contributed by atoms with Crippen LogP contribution in [0.3, 0.4) is 0 Å². The molecule has 1 heterocycles. The number of para-hydroxylation sites is 1. The number of benzene rings is 2. The first kappa shape index (κ1) is 21.4. The molecule has 0 bridgehead atoms. The van der Waals surface area contributed by atoms with Crippen molar-refractivity contribution in [2.24, 2.45) is 0 Å². The molecule has 0 unspecified atom stereocenters. The Balaban J connectivity index is 1.85. The molecule has 0 fully saturated rings. The molecule has 0 aliphatic carbocycles. The van der Waals surface area contributed by atoms with E-state index in [1.54, 1.807) is 41.3 Å². The molecule has 2 aromatic carbocycles. The Morgan fingerprint density at radius 3 is 2.60 bits per heavy atom.